The number of hydrogen-bond donors (Lipinski definition) is 0. The Labute approximate surface area is 192 Å². The van der Waals surface area contributed by atoms with Crippen LogP contribution >= 0.6 is 0 Å². The summed E-state index contributed by atoms with van der Waals surface area (Å²) in [5.74, 6) is -1.63. The summed E-state index contributed by atoms with van der Waals surface area (Å²) in [6.45, 7) is 14.5. The summed E-state index contributed by atoms with van der Waals surface area (Å²) in [7, 11) is 1.66. The molecule has 1 rings (SSSR count). The summed E-state index contributed by atoms with van der Waals surface area (Å²) in [4.78, 5) is 39.5. The van der Waals surface area contributed by atoms with Gasteiger partial charge in [-0.05, 0) is 46.1 Å². The van der Waals surface area contributed by atoms with Gasteiger partial charge in [0.1, 0.15) is 11.7 Å². The zero-order valence-corrected chi connectivity index (χ0v) is 20.0. The molecule has 0 bridgehead atoms. The van der Waals surface area contributed by atoms with E-state index in [-0.39, 0.29) is 24.7 Å². The molecule has 0 spiro atoms. The first-order valence-electron chi connectivity index (χ1n) is 10.9. The van der Waals surface area contributed by atoms with Gasteiger partial charge in [0.05, 0.1) is 18.4 Å². The summed E-state index contributed by atoms with van der Waals surface area (Å²) in [6.07, 6.45) is 3.66. The fraction of sp³-hybridized carbons (Fsp3) is 0.500. The average Bonchev–Trinajstić information content (AvgIpc) is 2.73. The number of ether oxygens (including phenoxy) is 2. The smallest absolute Gasteiger partial charge is 0.307 e. The topological polar surface area (TPSA) is 72.9 Å². The van der Waals surface area contributed by atoms with Crippen molar-refractivity contribution in [2.45, 2.75) is 71.1 Å². The van der Waals surface area contributed by atoms with Crippen molar-refractivity contribution < 1.29 is 23.9 Å². The van der Waals surface area contributed by atoms with E-state index >= 15 is 0 Å². The zero-order chi connectivity index (χ0) is 24.3. The van der Waals surface area contributed by atoms with Crippen LogP contribution in [0, 0.1) is 5.92 Å². The molecule has 1 aromatic rings. The number of hydrogen-bond acceptors (Lipinski definition) is 5. The SMILES string of the molecule is C=CCCC(=O)O[C@H](c1ccccc1)[C@@H](C)N(C)C(=O)[C@@H](CC=C)CC(=O)OC(C)(C)C. The van der Waals surface area contributed by atoms with Gasteiger partial charge in [-0.15, -0.1) is 13.2 Å². The first-order chi connectivity index (χ1) is 15.0. The quantitative estimate of drug-likeness (QED) is 0.335. The maximum Gasteiger partial charge on any atom is 0.307 e. The lowest BCUT2D eigenvalue weighted by Gasteiger charge is -2.34. The van der Waals surface area contributed by atoms with E-state index < -0.39 is 29.6 Å². The first-order valence-corrected chi connectivity index (χ1v) is 10.9. The minimum absolute atomic E-state index is 0.0473. The molecule has 6 heteroatoms. The lowest BCUT2D eigenvalue weighted by molar-refractivity contribution is -0.160. The van der Waals surface area contributed by atoms with Crippen molar-refractivity contribution in [3.05, 3.63) is 61.2 Å². The van der Waals surface area contributed by atoms with Crippen molar-refractivity contribution in [3.63, 3.8) is 0 Å². The molecule has 0 aliphatic rings. The Morgan fingerprint density at radius 2 is 1.69 bits per heavy atom. The molecule has 1 aromatic carbocycles. The van der Waals surface area contributed by atoms with E-state index in [0.717, 1.165) is 5.56 Å². The molecule has 0 unspecified atom stereocenters. The van der Waals surface area contributed by atoms with Crippen molar-refractivity contribution in [2.24, 2.45) is 5.92 Å². The average molecular weight is 444 g/mol. The number of amides is 1. The van der Waals surface area contributed by atoms with Crippen molar-refractivity contribution in [1.82, 2.24) is 4.90 Å². The Kier molecular flexibility index (Phi) is 10.9. The second-order valence-corrected chi connectivity index (χ2v) is 8.85. The van der Waals surface area contributed by atoms with Gasteiger partial charge in [-0.25, -0.2) is 0 Å². The van der Waals surface area contributed by atoms with Gasteiger partial charge < -0.3 is 14.4 Å². The maximum absolute atomic E-state index is 13.3. The van der Waals surface area contributed by atoms with Crippen molar-refractivity contribution in [2.75, 3.05) is 7.05 Å². The van der Waals surface area contributed by atoms with Gasteiger partial charge in [-0.3, -0.25) is 14.4 Å². The largest absolute Gasteiger partial charge is 0.460 e. The molecule has 0 N–H and O–H groups in total. The number of nitrogens with zero attached hydrogens (tertiary/aromatic N) is 1. The Bertz CT molecular complexity index is 781. The lowest BCUT2D eigenvalue weighted by Crippen LogP contribution is -2.44. The summed E-state index contributed by atoms with van der Waals surface area (Å²) in [5, 5.41) is 0. The Balaban J connectivity index is 3.05. The van der Waals surface area contributed by atoms with Crippen molar-refractivity contribution >= 4 is 17.8 Å². The standard InChI is InChI=1S/C26H37NO5/c1-8-10-17-22(28)31-24(20-15-12-11-13-16-20)19(3)27(7)25(30)21(14-9-2)18-23(29)32-26(4,5)6/h8-9,11-13,15-16,19,21,24H,1-2,10,14,17-18H2,3-7H3/t19-,21+,24+/m1/s1. The zero-order valence-electron chi connectivity index (χ0n) is 20.0. The third-order valence-electron chi connectivity index (χ3n) is 4.97. The van der Waals surface area contributed by atoms with Crippen LogP contribution in [0.4, 0.5) is 0 Å². The lowest BCUT2D eigenvalue weighted by atomic mass is 9.96. The number of carbonyl (C=O) groups excluding carboxylic acids is 3. The molecule has 0 radical (unpaired) electrons. The Morgan fingerprint density at radius 1 is 1.06 bits per heavy atom. The molecule has 176 valence electrons. The minimum atomic E-state index is -0.645. The van der Waals surface area contributed by atoms with Gasteiger partial charge in [-0.1, -0.05) is 42.5 Å². The number of rotatable bonds is 12. The first kappa shape index (κ1) is 27.1. The predicted molar refractivity (Wildman–Crippen MR) is 126 cm³/mol. The third-order valence-corrected chi connectivity index (χ3v) is 4.97. The number of esters is 2. The molecular formula is C26H37NO5. The van der Waals surface area contributed by atoms with E-state index in [1.807, 2.05) is 37.3 Å². The highest BCUT2D eigenvalue weighted by molar-refractivity contribution is 5.84. The second kappa shape index (κ2) is 12.8. The van der Waals surface area contributed by atoms with Crippen LogP contribution in [0.3, 0.4) is 0 Å². The van der Waals surface area contributed by atoms with E-state index in [1.165, 1.54) is 4.90 Å². The van der Waals surface area contributed by atoms with E-state index in [4.69, 9.17) is 9.47 Å². The molecule has 0 saturated carbocycles. The van der Waals surface area contributed by atoms with Gasteiger partial charge in [0.15, 0.2) is 0 Å². The highest BCUT2D eigenvalue weighted by atomic mass is 16.6. The molecule has 32 heavy (non-hydrogen) atoms. The molecular weight excluding hydrogens is 406 g/mol. The van der Waals surface area contributed by atoms with E-state index in [2.05, 4.69) is 13.2 Å². The third kappa shape index (κ3) is 9.08. The molecule has 0 heterocycles. The van der Waals surface area contributed by atoms with Crippen molar-refractivity contribution in [3.8, 4) is 0 Å². The van der Waals surface area contributed by atoms with E-state index in [1.54, 1.807) is 40.0 Å². The van der Waals surface area contributed by atoms with Gasteiger partial charge >= 0.3 is 11.9 Å². The van der Waals surface area contributed by atoms with Crippen LogP contribution in [0.15, 0.2) is 55.6 Å². The van der Waals surface area contributed by atoms with E-state index in [0.29, 0.717) is 12.8 Å². The molecule has 0 aliphatic heterocycles. The summed E-state index contributed by atoms with van der Waals surface area (Å²) in [5.41, 5.74) is 0.162. The number of benzene rings is 1. The fourth-order valence-electron chi connectivity index (χ4n) is 3.26. The van der Waals surface area contributed by atoms with Gasteiger partial charge in [0.2, 0.25) is 5.91 Å². The highest BCUT2D eigenvalue weighted by Crippen LogP contribution is 2.27. The predicted octanol–water partition coefficient (Wildman–Crippen LogP) is 5.01. The maximum atomic E-state index is 13.3. The molecule has 6 nitrogen and oxygen atoms in total. The summed E-state index contributed by atoms with van der Waals surface area (Å²) < 4.78 is 11.2. The second-order valence-electron chi connectivity index (χ2n) is 8.85. The monoisotopic (exact) mass is 443 g/mol. The fourth-order valence-corrected chi connectivity index (χ4v) is 3.26. The summed E-state index contributed by atoms with van der Waals surface area (Å²) >= 11 is 0. The summed E-state index contributed by atoms with van der Waals surface area (Å²) in [6, 6.07) is 8.86. The molecule has 3 atom stereocenters. The molecule has 0 aliphatic carbocycles. The van der Waals surface area contributed by atoms with Gasteiger partial charge in [0.25, 0.3) is 0 Å². The van der Waals surface area contributed by atoms with E-state index in [9.17, 15) is 14.4 Å². The van der Waals surface area contributed by atoms with Crippen LogP contribution < -0.4 is 0 Å². The molecule has 1 amide bonds. The normalized spacial score (nSPS) is 13.9. The van der Waals surface area contributed by atoms with Crippen LogP contribution in [-0.2, 0) is 23.9 Å². The molecule has 0 fully saturated rings. The molecule has 0 aromatic heterocycles. The van der Waals surface area contributed by atoms with Crippen molar-refractivity contribution in [1.29, 1.82) is 0 Å². The van der Waals surface area contributed by atoms with Crippen LogP contribution in [0.1, 0.15) is 65.0 Å². The highest BCUT2D eigenvalue weighted by Gasteiger charge is 2.33. The number of carbonyl (C=O) groups is 3. The minimum Gasteiger partial charge on any atom is -0.460 e. The Morgan fingerprint density at radius 3 is 2.22 bits per heavy atom. The van der Waals surface area contributed by atoms with Gasteiger partial charge in [-0.2, -0.15) is 0 Å². The van der Waals surface area contributed by atoms with Gasteiger partial charge in [0, 0.05) is 13.5 Å². The van der Waals surface area contributed by atoms with Crippen LogP contribution in [-0.4, -0.2) is 41.4 Å². The van der Waals surface area contributed by atoms with Crippen LogP contribution in [0.25, 0.3) is 0 Å². The number of allylic oxidation sites excluding steroid dienone is 2. The number of likely N-dealkylation sites (N-methyl/N-ethyl adjacent to an activating group) is 1. The van der Waals surface area contributed by atoms with Crippen LogP contribution in [0.2, 0.25) is 0 Å². The van der Waals surface area contributed by atoms with Crippen LogP contribution in [0.5, 0.6) is 0 Å². The Hall–Kier alpha value is -2.89. The molecule has 0 saturated heterocycles.